The number of primary amides is 1. The zero-order chi connectivity index (χ0) is 23.1. The summed E-state index contributed by atoms with van der Waals surface area (Å²) in [6.45, 7) is 1.88. The highest BCUT2D eigenvalue weighted by atomic mass is 16.5. The smallest absolute Gasteiger partial charge is 0.242 e. The molecule has 1 saturated heterocycles. The van der Waals surface area contributed by atoms with E-state index >= 15 is 0 Å². The van der Waals surface area contributed by atoms with E-state index in [1.807, 2.05) is 43.3 Å². The minimum atomic E-state index is -1.42. The first-order valence-corrected chi connectivity index (χ1v) is 11.7. The molecule has 0 radical (unpaired) electrons. The average molecular weight is 450 g/mol. The van der Waals surface area contributed by atoms with Gasteiger partial charge in [0.1, 0.15) is 11.8 Å². The van der Waals surface area contributed by atoms with Gasteiger partial charge in [0.15, 0.2) is 11.5 Å². The van der Waals surface area contributed by atoms with E-state index in [1.165, 1.54) is 0 Å². The number of carbonyl (C=O) groups excluding carboxylic acids is 2. The molecule has 1 fully saturated rings. The van der Waals surface area contributed by atoms with Crippen molar-refractivity contribution in [3.05, 3.63) is 59.7 Å². The highest BCUT2D eigenvalue weighted by molar-refractivity contribution is 6.31. The molecule has 7 nitrogen and oxygen atoms in total. The first kappa shape index (κ1) is 18.7. The zero-order valence-corrected chi connectivity index (χ0v) is 18.6. The minimum Gasteiger partial charge on any atom is -0.368 e. The van der Waals surface area contributed by atoms with Crippen LogP contribution in [-0.2, 0) is 21.7 Å². The van der Waals surface area contributed by atoms with Crippen molar-refractivity contribution < 1.29 is 14.3 Å². The van der Waals surface area contributed by atoms with Crippen molar-refractivity contribution in [1.29, 1.82) is 0 Å². The maximum Gasteiger partial charge on any atom is 0.242 e. The number of fused-ring (bicyclic) bond motifs is 13. The largest absolute Gasteiger partial charge is 0.368 e. The number of hydrogen-bond acceptors (Lipinski definition) is 4. The molecule has 2 bridgehead atoms. The van der Waals surface area contributed by atoms with Crippen LogP contribution in [0.2, 0.25) is 0 Å². The molecular formula is C27H22N4O3. The van der Waals surface area contributed by atoms with Crippen LogP contribution < -0.4 is 11.5 Å². The predicted molar refractivity (Wildman–Crippen MR) is 130 cm³/mol. The van der Waals surface area contributed by atoms with Crippen LogP contribution >= 0.6 is 0 Å². The minimum absolute atomic E-state index is 0.184. The second-order valence-electron chi connectivity index (χ2n) is 10.1. The van der Waals surface area contributed by atoms with Gasteiger partial charge in [-0.3, -0.25) is 9.59 Å². The van der Waals surface area contributed by atoms with Crippen LogP contribution in [0.5, 0.6) is 0 Å². The van der Waals surface area contributed by atoms with Crippen LogP contribution in [0.25, 0.3) is 43.6 Å². The summed E-state index contributed by atoms with van der Waals surface area (Å²) in [5.74, 6) is -0.403. The van der Waals surface area contributed by atoms with Crippen molar-refractivity contribution in [2.75, 3.05) is 0 Å². The number of ketones is 1. The standard InChI is InChI=1S/C27H22N4O3/c1-26-27(29,25(28)33)12-19(34-26)30-16-8-4-2-6-13(16)22-21-15(10-11-18(21)32)20-14-7-3-5-9-17(14)31(26)24(20)23(22)30/h2-9,19H,10-12,29H2,1H3,(H2,28,33)/t19-,26+,27+/m1/s1. The molecule has 4 heterocycles. The van der Waals surface area contributed by atoms with Crippen molar-refractivity contribution in [1.82, 2.24) is 9.13 Å². The molecule has 5 aromatic rings. The van der Waals surface area contributed by atoms with Gasteiger partial charge >= 0.3 is 0 Å². The van der Waals surface area contributed by atoms with Crippen molar-refractivity contribution in [2.45, 2.75) is 43.7 Å². The molecule has 0 saturated carbocycles. The average Bonchev–Trinajstić information content (AvgIpc) is 3.51. The Bertz CT molecular complexity index is 1810. The Morgan fingerprint density at radius 2 is 1.68 bits per heavy atom. The fourth-order valence-corrected chi connectivity index (χ4v) is 7.06. The van der Waals surface area contributed by atoms with Crippen molar-refractivity contribution in [2.24, 2.45) is 11.5 Å². The molecular weight excluding hydrogens is 428 g/mol. The number of benzene rings is 3. The van der Waals surface area contributed by atoms with Crippen molar-refractivity contribution in [3.8, 4) is 0 Å². The number of aromatic nitrogens is 2. The molecule has 3 aromatic carbocycles. The van der Waals surface area contributed by atoms with E-state index in [9.17, 15) is 9.59 Å². The summed E-state index contributed by atoms with van der Waals surface area (Å²) >= 11 is 0. The molecule has 3 aliphatic rings. The van der Waals surface area contributed by atoms with Gasteiger partial charge in [0, 0.05) is 39.9 Å². The fourth-order valence-electron chi connectivity index (χ4n) is 7.06. The maximum absolute atomic E-state index is 13.3. The molecule has 8 rings (SSSR count). The Kier molecular flexibility index (Phi) is 3.03. The van der Waals surface area contributed by atoms with Crippen LogP contribution in [0.1, 0.15) is 41.9 Å². The Balaban J connectivity index is 1.77. The topological polar surface area (TPSA) is 105 Å². The number of carbonyl (C=O) groups is 2. The Morgan fingerprint density at radius 3 is 2.41 bits per heavy atom. The fraction of sp³-hybridized carbons (Fsp3) is 0.259. The second-order valence-corrected chi connectivity index (χ2v) is 10.1. The number of aryl methyl sites for hydroxylation is 1. The summed E-state index contributed by atoms with van der Waals surface area (Å²) in [6, 6.07) is 16.2. The molecule has 2 aromatic heterocycles. The Hall–Kier alpha value is -3.68. The SMILES string of the molecule is C[C@]12O[C@H](C[C@]1(N)C(N)=O)n1c3ccccc3c3c4c(c5c6ccccc6n2c5c31)CCC4=O. The highest BCUT2D eigenvalue weighted by Gasteiger charge is 2.62. The summed E-state index contributed by atoms with van der Waals surface area (Å²) in [4.78, 5) is 26.2. The lowest BCUT2D eigenvalue weighted by Gasteiger charge is -2.38. The Morgan fingerprint density at radius 1 is 1.00 bits per heavy atom. The van der Waals surface area contributed by atoms with Gasteiger partial charge in [-0.1, -0.05) is 36.4 Å². The number of Topliss-reactive ketones (excluding diaryl/α,β-unsaturated/α-hetero) is 1. The monoisotopic (exact) mass is 450 g/mol. The third-order valence-electron chi connectivity index (χ3n) is 8.59. The number of para-hydroxylation sites is 2. The third kappa shape index (κ3) is 1.74. The first-order chi connectivity index (χ1) is 16.4. The highest BCUT2D eigenvalue weighted by Crippen LogP contribution is 2.57. The van der Waals surface area contributed by atoms with Crippen LogP contribution in [0.3, 0.4) is 0 Å². The lowest BCUT2D eigenvalue weighted by atomic mass is 9.85. The van der Waals surface area contributed by atoms with Gasteiger partial charge in [0.2, 0.25) is 5.91 Å². The molecule has 34 heavy (non-hydrogen) atoms. The van der Waals surface area contributed by atoms with E-state index < -0.39 is 23.4 Å². The Labute approximate surface area is 193 Å². The molecule has 4 N–H and O–H groups in total. The first-order valence-electron chi connectivity index (χ1n) is 11.7. The van der Waals surface area contributed by atoms with Gasteiger partial charge in [-0.15, -0.1) is 0 Å². The van der Waals surface area contributed by atoms with Gasteiger partial charge in [-0.25, -0.2) is 0 Å². The number of rotatable bonds is 1. The van der Waals surface area contributed by atoms with Crippen molar-refractivity contribution in [3.63, 3.8) is 0 Å². The van der Waals surface area contributed by atoms with Gasteiger partial charge in [0.05, 0.1) is 22.1 Å². The third-order valence-corrected chi connectivity index (χ3v) is 8.59. The van der Waals surface area contributed by atoms with Crippen LogP contribution in [0.4, 0.5) is 0 Å². The van der Waals surface area contributed by atoms with Gasteiger partial charge in [0.25, 0.3) is 0 Å². The lowest BCUT2D eigenvalue weighted by molar-refractivity contribution is -0.145. The van der Waals surface area contributed by atoms with Crippen LogP contribution in [0, 0.1) is 0 Å². The van der Waals surface area contributed by atoms with E-state index in [-0.39, 0.29) is 12.2 Å². The molecule has 2 aliphatic heterocycles. The summed E-state index contributed by atoms with van der Waals surface area (Å²) in [5.41, 5.74) is 15.9. The number of hydrogen-bond donors (Lipinski definition) is 2. The molecule has 1 amide bonds. The number of nitrogens with zero attached hydrogens (tertiary/aromatic N) is 2. The van der Waals surface area contributed by atoms with E-state index in [0.717, 1.165) is 54.7 Å². The number of ether oxygens (including phenoxy) is 1. The summed E-state index contributed by atoms with van der Waals surface area (Å²) in [7, 11) is 0. The summed E-state index contributed by atoms with van der Waals surface area (Å²) in [6.07, 6.45) is 0.937. The maximum atomic E-state index is 13.3. The summed E-state index contributed by atoms with van der Waals surface area (Å²) < 4.78 is 11.0. The molecule has 3 atom stereocenters. The van der Waals surface area contributed by atoms with E-state index in [1.54, 1.807) is 0 Å². The van der Waals surface area contributed by atoms with Crippen LogP contribution in [0.15, 0.2) is 48.5 Å². The number of nitrogens with two attached hydrogens (primary N) is 2. The van der Waals surface area contributed by atoms with Gasteiger partial charge in [-0.2, -0.15) is 0 Å². The van der Waals surface area contributed by atoms with E-state index in [2.05, 4.69) is 21.3 Å². The molecule has 7 heteroatoms. The van der Waals surface area contributed by atoms with Crippen LogP contribution in [-0.4, -0.2) is 26.4 Å². The number of amides is 1. The van der Waals surface area contributed by atoms with E-state index in [4.69, 9.17) is 16.2 Å². The molecule has 1 aliphatic carbocycles. The second kappa shape index (κ2) is 5.51. The molecule has 168 valence electrons. The predicted octanol–water partition coefficient (Wildman–Crippen LogP) is 3.82. The van der Waals surface area contributed by atoms with Crippen molar-refractivity contribution >= 4 is 55.3 Å². The van der Waals surface area contributed by atoms with E-state index in [0.29, 0.717) is 12.8 Å². The lowest BCUT2D eigenvalue weighted by Crippen LogP contribution is -2.64. The summed E-state index contributed by atoms with van der Waals surface area (Å²) in [5, 5.41) is 4.08. The molecule has 0 spiro atoms. The normalized spacial score (nSPS) is 27.5. The van der Waals surface area contributed by atoms with Gasteiger partial charge < -0.3 is 25.3 Å². The quantitative estimate of drug-likeness (QED) is 0.405. The van der Waals surface area contributed by atoms with Gasteiger partial charge in [-0.05, 0) is 31.0 Å². The zero-order valence-electron chi connectivity index (χ0n) is 18.6. The molecule has 0 unspecified atom stereocenters.